The van der Waals surface area contributed by atoms with Gasteiger partial charge in [0.1, 0.15) is 29.9 Å². The number of fused-ring (bicyclic) bond motifs is 1. The van der Waals surface area contributed by atoms with E-state index in [9.17, 15) is 27.6 Å². The highest BCUT2D eigenvalue weighted by Crippen LogP contribution is 2.42. The van der Waals surface area contributed by atoms with Crippen molar-refractivity contribution in [3.05, 3.63) is 72.2 Å². The van der Waals surface area contributed by atoms with Gasteiger partial charge in [-0.1, -0.05) is 35.2 Å². The summed E-state index contributed by atoms with van der Waals surface area (Å²) in [5.74, 6) is -6.53. The molecule has 248 valence electrons. The first kappa shape index (κ1) is 33.7. The SMILES string of the molecule is CC(=O)OCC1O[C@H](Sc2ccc3c(N(C)C)cccc3c2)[C@@H](OC(C)=O)C(n2cc(-c3cc(F)c(F)c(F)c3)nn2)[C@H]1OC(C)=O. The van der Waals surface area contributed by atoms with Gasteiger partial charge >= 0.3 is 17.9 Å². The third-order valence-corrected chi connectivity index (χ3v) is 8.47. The minimum atomic E-state index is -1.64. The van der Waals surface area contributed by atoms with E-state index in [1.165, 1.54) is 36.5 Å². The van der Waals surface area contributed by atoms with Crippen molar-refractivity contribution in [3.8, 4) is 11.3 Å². The molecule has 0 bridgehead atoms. The number of carbonyl (C=O) groups excluding carboxylic acids is 3. The zero-order chi connectivity index (χ0) is 34.0. The Balaban J connectivity index is 1.59. The Bertz CT molecular complexity index is 1800. The minimum absolute atomic E-state index is 0.0515. The van der Waals surface area contributed by atoms with Crippen LogP contribution in [0.2, 0.25) is 0 Å². The van der Waals surface area contributed by atoms with Crippen LogP contribution < -0.4 is 4.90 Å². The van der Waals surface area contributed by atoms with E-state index >= 15 is 0 Å². The smallest absolute Gasteiger partial charge is 0.303 e. The average Bonchev–Trinajstić information content (AvgIpc) is 3.49. The molecule has 1 saturated heterocycles. The highest BCUT2D eigenvalue weighted by atomic mass is 32.2. The van der Waals surface area contributed by atoms with Gasteiger partial charge in [-0.2, -0.15) is 0 Å². The van der Waals surface area contributed by atoms with Crippen molar-refractivity contribution in [2.75, 3.05) is 25.6 Å². The van der Waals surface area contributed by atoms with Crippen LogP contribution in [-0.4, -0.2) is 77.4 Å². The lowest BCUT2D eigenvalue weighted by molar-refractivity contribution is -0.212. The van der Waals surface area contributed by atoms with Gasteiger partial charge in [-0.3, -0.25) is 14.4 Å². The summed E-state index contributed by atoms with van der Waals surface area (Å²) in [4.78, 5) is 39.4. The Labute approximate surface area is 271 Å². The van der Waals surface area contributed by atoms with Gasteiger partial charge in [0.2, 0.25) is 0 Å². The Morgan fingerprint density at radius 2 is 1.62 bits per heavy atom. The molecule has 15 heteroatoms. The van der Waals surface area contributed by atoms with Gasteiger partial charge in [-0.15, -0.1) is 5.10 Å². The predicted molar refractivity (Wildman–Crippen MR) is 165 cm³/mol. The molecular weight excluding hydrogens is 641 g/mol. The highest BCUT2D eigenvalue weighted by Gasteiger charge is 2.52. The van der Waals surface area contributed by atoms with Crippen LogP contribution in [0.1, 0.15) is 26.8 Å². The summed E-state index contributed by atoms with van der Waals surface area (Å²) in [6, 6.07) is 12.1. The number of nitrogens with zero attached hydrogens (tertiary/aromatic N) is 4. The van der Waals surface area contributed by atoms with E-state index in [4.69, 9.17) is 18.9 Å². The van der Waals surface area contributed by atoms with Gasteiger partial charge in [0.15, 0.2) is 29.7 Å². The van der Waals surface area contributed by atoms with Crippen LogP contribution in [-0.2, 0) is 33.3 Å². The number of rotatable bonds is 9. The monoisotopic (exact) mass is 672 g/mol. The molecule has 1 aromatic heterocycles. The van der Waals surface area contributed by atoms with E-state index in [-0.39, 0.29) is 17.9 Å². The van der Waals surface area contributed by atoms with Crippen molar-refractivity contribution >= 4 is 46.1 Å². The Morgan fingerprint density at radius 1 is 0.936 bits per heavy atom. The van der Waals surface area contributed by atoms with Crippen molar-refractivity contribution in [3.63, 3.8) is 0 Å². The second-order valence-corrected chi connectivity index (χ2v) is 12.2. The molecule has 4 aromatic rings. The maximum absolute atomic E-state index is 14.1. The van der Waals surface area contributed by atoms with Crippen LogP contribution >= 0.6 is 11.8 Å². The molecule has 11 nitrogen and oxygen atoms in total. The van der Waals surface area contributed by atoms with Crippen molar-refractivity contribution < 1.29 is 46.5 Å². The number of carbonyl (C=O) groups is 3. The number of ether oxygens (including phenoxy) is 4. The van der Waals surface area contributed by atoms with Gasteiger partial charge in [0.05, 0.1) is 6.20 Å². The first-order valence-corrected chi connectivity index (χ1v) is 15.3. The zero-order valence-corrected chi connectivity index (χ0v) is 26.8. The van der Waals surface area contributed by atoms with Crippen LogP contribution in [0.15, 0.2) is 59.6 Å². The minimum Gasteiger partial charge on any atom is -0.463 e. The quantitative estimate of drug-likeness (QED) is 0.135. The molecule has 0 spiro atoms. The van der Waals surface area contributed by atoms with Gasteiger partial charge in [0.25, 0.3) is 0 Å². The second-order valence-electron chi connectivity index (χ2n) is 11.0. The van der Waals surface area contributed by atoms with E-state index in [0.29, 0.717) is 0 Å². The normalized spacial score (nSPS) is 20.9. The highest BCUT2D eigenvalue weighted by molar-refractivity contribution is 7.99. The zero-order valence-electron chi connectivity index (χ0n) is 26.0. The van der Waals surface area contributed by atoms with Gasteiger partial charge in [-0.25, -0.2) is 17.9 Å². The Hall–Kier alpha value is -4.63. The summed E-state index contributed by atoms with van der Waals surface area (Å²) in [5.41, 5.74) is -0.133. The third kappa shape index (κ3) is 7.52. The lowest BCUT2D eigenvalue weighted by Gasteiger charge is -2.44. The number of thioether (sulfide) groups is 1. The number of hydrogen-bond acceptors (Lipinski definition) is 11. The fourth-order valence-electron chi connectivity index (χ4n) is 5.38. The van der Waals surface area contributed by atoms with Crippen molar-refractivity contribution in [2.24, 2.45) is 0 Å². The molecule has 0 saturated carbocycles. The van der Waals surface area contributed by atoms with Crippen LogP contribution in [0.4, 0.5) is 18.9 Å². The summed E-state index contributed by atoms with van der Waals surface area (Å²) in [7, 11) is 3.89. The average molecular weight is 673 g/mol. The van der Waals surface area contributed by atoms with Crippen molar-refractivity contribution in [1.29, 1.82) is 0 Å². The molecule has 0 aliphatic carbocycles. The number of anilines is 1. The van der Waals surface area contributed by atoms with E-state index in [2.05, 4.69) is 10.3 Å². The predicted octanol–water partition coefficient (Wildman–Crippen LogP) is 5.07. The largest absolute Gasteiger partial charge is 0.463 e. The van der Waals surface area contributed by atoms with Crippen LogP contribution in [0.5, 0.6) is 0 Å². The number of hydrogen-bond donors (Lipinski definition) is 0. The summed E-state index contributed by atoms with van der Waals surface area (Å²) >= 11 is 1.21. The Morgan fingerprint density at radius 3 is 2.26 bits per heavy atom. The first-order chi connectivity index (χ1) is 22.3. The van der Waals surface area contributed by atoms with E-state index in [0.717, 1.165) is 40.4 Å². The van der Waals surface area contributed by atoms with Crippen LogP contribution in [0.3, 0.4) is 0 Å². The molecule has 0 N–H and O–H groups in total. The first-order valence-electron chi connectivity index (χ1n) is 14.4. The van der Waals surface area contributed by atoms with Crippen molar-refractivity contribution in [1.82, 2.24) is 15.0 Å². The van der Waals surface area contributed by atoms with Crippen LogP contribution in [0.25, 0.3) is 22.0 Å². The van der Waals surface area contributed by atoms with Gasteiger partial charge in [0, 0.05) is 56.4 Å². The van der Waals surface area contributed by atoms with E-state index in [1.54, 1.807) is 0 Å². The fraction of sp³-hybridized carbons (Fsp3) is 0.344. The lowest BCUT2D eigenvalue weighted by atomic mass is 9.96. The van der Waals surface area contributed by atoms with Gasteiger partial charge in [-0.05, 0) is 35.7 Å². The van der Waals surface area contributed by atoms with E-state index < -0.39 is 65.1 Å². The molecule has 0 amide bonds. The molecule has 1 fully saturated rings. The summed E-state index contributed by atoms with van der Waals surface area (Å²) in [6.45, 7) is 3.22. The second kappa shape index (κ2) is 14.0. The summed E-state index contributed by atoms with van der Waals surface area (Å²) in [6.07, 6.45) is -2.22. The number of halogens is 3. The number of benzene rings is 3. The Kier molecular flexibility index (Phi) is 10.1. The lowest BCUT2D eigenvalue weighted by Crippen LogP contribution is -2.57. The van der Waals surface area contributed by atoms with Crippen LogP contribution in [0, 0.1) is 17.5 Å². The number of esters is 3. The molecule has 3 aromatic carbocycles. The molecular formula is C32H31F3N4O7S. The fourth-order valence-corrected chi connectivity index (χ4v) is 6.54. The third-order valence-electron chi connectivity index (χ3n) is 7.33. The molecule has 0 radical (unpaired) electrons. The maximum Gasteiger partial charge on any atom is 0.303 e. The maximum atomic E-state index is 14.1. The van der Waals surface area contributed by atoms with Crippen molar-refractivity contribution in [2.45, 2.75) is 55.5 Å². The molecule has 1 aliphatic heterocycles. The number of aromatic nitrogens is 3. The van der Waals surface area contributed by atoms with Gasteiger partial charge < -0.3 is 23.8 Å². The topological polar surface area (TPSA) is 122 Å². The summed E-state index contributed by atoms with van der Waals surface area (Å²) < 4.78 is 66.1. The molecule has 47 heavy (non-hydrogen) atoms. The molecule has 2 unspecified atom stereocenters. The standard InChI is InChI=1S/C32H31F3N4O7S/c1-16(40)43-15-27-30(44-17(2)41)29(39-14-25(36-37-39)20-12-23(33)28(35)24(34)13-20)31(45-18(3)42)32(46-27)47-21-9-10-22-19(11-21)7-6-8-26(22)38(4)5/h6-14,27,29-32H,15H2,1-5H3/t27?,29?,30-,31-,32+/m0/s1. The summed E-state index contributed by atoms with van der Waals surface area (Å²) in [5, 5.41) is 10.1. The molecule has 5 rings (SSSR count). The molecule has 2 heterocycles. The van der Waals surface area contributed by atoms with E-state index in [1.807, 2.05) is 55.4 Å². The molecule has 1 aliphatic rings. The molecule has 5 atom stereocenters.